The zero-order chi connectivity index (χ0) is 7.68. The van der Waals surface area contributed by atoms with Crippen LogP contribution in [0.5, 0.6) is 0 Å². The summed E-state index contributed by atoms with van der Waals surface area (Å²) in [6, 6.07) is 6.13. The standard InChI is InChI=1S/C8H8N2S/c1-10-5-4-7(9-10)8-3-2-6-11-8/h2-6H,1H3. The van der Waals surface area contributed by atoms with Crippen molar-refractivity contribution >= 4 is 11.3 Å². The van der Waals surface area contributed by atoms with Crippen LogP contribution in [0.25, 0.3) is 10.6 Å². The first-order valence-corrected chi connectivity index (χ1v) is 4.28. The highest BCUT2D eigenvalue weighted by atomic mass is 32.1. The molecule has 2 aromatic heterocycles. The summed E-state index contributed by atoms with van der Waals surface area (Å²) < 4.78 is 1.81. The van der Waals surface area contributed by atoms with E-state index >= 15 is 0 Å². The van der Waals surface area contributed by atoms with Crippen LogP contribution in [-0.2, 0) is 7.05 Å². The van der Waals surface area contributed by atoms with Gasteiger partial charge < -0.3 is 0 Å². The van der Waals surface area contributed by atoms with Crippen molar-refractivity contribution in [2.75, 3.05) is 0 Å². The van der Waals surface area contributed by atoms with Crippen LogP contribution >= 0.6 is 11.3 Å². The van der Waals surface area contributed by atoms with Gasteiger partial charge in [0.1, 0.15) is 5.69 Å². The van der Waals surface area contributed by atoms with Crippen LogP contribution in [0, 0.1) is 0 Å². The molecule has 2 aromatic rings. The Hall–Kier alpha value is -1.09. The molecule has 0 bridgehead atoms. The number of hydrogen-bond donors (Lipinski definition) is 0. The predicted octanol–water partition coefficient (Wildman–Crippen LogP) is 2.15. The molecule has 0 atom stereocenters. The van der Waals surface area contributed by atoms with Gasteiger partial charge in [0.2, 0.25) is 0 Å². The lowest BCUT2D eigenvalue weighted by Crippen LogP contribution is -1.86. The molecule has 0 aliphatic heterocycles. The van der Waals surface area contributed by atoms with E-state index in [1.54, 1.807) is 11.3 Å². The minimum atomic E-state index is 1.06. The van der Waals surface area contributed by atoms with E-state index in [1.807, 2.05) is 30.1 Å². The van der Waals surface area contributed by atoms with Crippen molar-refractivity contribution in [3.8, 4) is 10.6 Å². The van der Waals surface area contributed by atoms with Gasteiger partial charge in [-0.25, -0.2) is 0 Å². The summed E-state index contributed by atoms with van der Waals surface area (Å²) in [4.78, 5) is 1.23. The number of thiophene rings is 1. The van der Waals surface area contributed by atoms with E-state index in [-0.39, 0.29) is 0 Å². The average molecular weight is 164 g/mol. The summed E-state index contributed by atoms with van der Waals surface area (Å²) in [7, 11) is 1.93. The monoisotopic (exact) mass is 164 g/mol. The quantitative estimate of drug-likeness (QED) is 0.631. The highest BCUT2D eigenvalue weighted by Gasteiger charge is 1.99. The Bertz CT molecular complexity index is 335. The highest BCUT2D eigenvalue weighted by molar-refractivity contribution is 7.13. The van der Waals surface area contributed by atoms with Crippen LogP contribution < -0.4 is 0 Å². The highest BCUT2D eigenvalue weighted by Crippen LogP contribution is 2.21. The van der Waals surface area contributed by atoms with Crippen molar-refractivity contribution in [1.82, 2.24) is 9.78 Å². The molecule has 3 heteroatoms. The van der Waals surface area contributed by atoms with Crippen molar-refractivity contribution in [1.29, 1.82) is 0 Å². The zero-order valence-electron chi connectivity index (χ0n) is 6.19. The lowest BCUT2D eigenvalue weighted by atomic mass is 10.4. The molecule has 2 rings (SSSR count). The Labute approximate surface area is 69.1 Å². The second kappa shape index (κ2) is 2.51. The van der Waals surface area contributed by atoms with E-state index < -0.39 is 0 Å². The first kappa shape index (κ1) is 6.61. The molecule has 56 valence electrons. The lowest BCUT2D eigenvalue weighted by Gasteiger charge is -1.87. The second-order valence-corrected chi connectivity index (χ2v) is 3.30. The Balaban J connectivity index is 2.45. The van der Waals surface area contributed by atoms with Crippen LogP contribution in [0.3, 0.4) is 0 Å². The summed E-state index contributed by atoms with van der Waals surface area (Å²) in [6.07, 6.45) is 1.95. The molecule has 2 nitrogen and oxygen atoms in total. The molecule has 2 heterocycles. The fourth-order valence-corrected chi connectivity index (χ4v) is 1.66. The van der Waals surface area contributed by atoms with E-state index in [2.05, 4.69) is 16.5 Å². The van der Waals surface area contributed by atoms with Gasteiger partial charge in [-0.1, -0.05) is 6.07 Å². The maximum Gasteiger partial charge on any atom is 0.102 e. The molecule has 0 aliphatic rings. The van der Waals surface area contributed by atoms with Crippen LogP contribution in [0.2, 0.25) is 0 Å². The first-order chi connectivity index (χ1) is 5.36. The van der Waals surface area contributed by atoms with Gasteiger partial charge in [0.15, 0.2) is 0 Å². The molecule has 0 unspecified atom stereocenters. The zero-order valence-corrected chi connectivity index (χ0v) is 7.01. The Morgan fingerprint density at radius 3 is 2.91 bits per heavy atom. The third-order valence-corrected chi connectivity index (χ3v) is 2.38. The van der Waals surface area contributed by atoms with Gasteiger partial charge in [-0.2, -0.15) is 5.10 Å². The molecular formula is C8H8N2S. The van der Waals surface area contributed by atoms with Crippen molar-refractivity contribution in [3.63, 3.8) is 0 Å². The second-order valence-electron chi connectivity index (χ2n) is 2.35. The lowest BCUT2D eigenvalue weighted by molar-refractivity contribution is 0.771. The topological polar surface area (TPSA) is 17.8 Å². The number of nitrogens with zero attached hydrogens (tertiary/aromatic N) is 2. The van der Waals surface area contributed by atoms with Gasteiger partial charge in [0, 0.05) is 13.2 Å². The van der Waals surface area contributed by atoms with Crippen LogP contribution in [0.4, 0.5) is 0 Å². The number of aromatic nitrogens is 2. The fraction of sp³-hybridized carbons (Fsp3) is 0.125. The van der Waals surface area contributed by atoms with Gasteiger partial charge in [-0.3, -0.25) is 4.68 Å². The Morgan fingerprint density at radius 1 is 1.45 bits per heavy atom. The molecule has 11 heavy (non-hydrogen) atoms. The van der Waals surface area contributed by atoms with Crippen molar-refractivity contribution in [3.05, 3.63) is 29.8 Å². The van der Waals surface area contributed by atoms with E-state index in [9.17, 15) is 0 Å². The van der Waals surface area contributed by atoms with E-state index in [0.717, 1.165) is 5.69 Å². The molecule has 0 fully saturated rings. The minimum Gasteiger partial charge on any atom is -0.275 e. The summed E-state index contributed by atoms with van der Waals surface area (Å²) in [5, 5.41) is 6.34. The normalized spacial score (nSPS) is 10.3. The average Bonchev–Trinajstić information content (AvgIpc) is 2.55. The van der Waals surface area contributed by atoms with Gasteiger partial charge in [-0.05, 0) is 17.5 Å². The molecule has 0 amide bonds. The van der Waals surface area contributed by atoms with Crippen molar-refractivity contribution in [2.45, 2.75) is 0 Å². The summed E-state index contributed by atoms with van der Waals surface area (Å²) in [5.41, 5.74) is 1.06. The fourth-order valence-electron chi connectivity index (χ4n) is 0.971. The third kappa shape index (κ3) is 1.19. The SMILES string of the molecule is Cn1ccc(-c2cccs2)n1. The third-order valence-electron chi connectivity index (χ3n) is 1.49. The molecule has 0 aliphatic carbocycles. The van der Waals surface area contributed by atoms with Crippen LogP contribution in [0.1, 0.15) is 0 Å². The molecule has 0 aromatic carbocycles. The van der Waals surface area contributed by atoms with Gasteiger partial charge in [0.25, 0.3) is 0 Å². The first-order valence-electron chi connectivity index (χ1n) is 3.40. The van der Waals surface area contributed by atoms with Gasteiger partial charge >= 0.3 is 0 Å². The molecule has 0 radical (unpaired) electrons. The van der Waals surface area contributed by atoms with Crippen LogP contribution in [-0.4, -0.2) is 9.78 Å². The Kier molecular flexibility index (Phi) is 1.51. The molecule has 0 N–H and O–H groups in total. The summed E-state index contributed by atoms with van der Waals surface area (Å²) >= 11 is 1.71. The minimum absolute atomic E-state index is 1.06. The Morgan fingerprint density at radius 2 is 2.36 bits per heavy atom. The summed E-state index contributed by atoms with van der Waals surface area (Å²) in [6.45, 7) is 0. The van der Waals surface area contributed by atoms with Gasteiger partial charge in [-0.15, -0.1) is 11.3 Å². The maximum absolute atomic E-state index is 4.28. The largest absolute Gasteiger partial charge is 0.275 e. The maximum atomic E-state index is 4.28. The molecule has 0 saturated carbocycles. The van der Waals surface area contributed by atoms with Crippen LogP contribution in [0.15, 0.2) is 29.8 Å². The van der Waals surface area contributed by atoms with E-state index in [0.29, 0.717) is 0 Å². The number of aryl methyl sites for hydroxylation is 1. The van der Waals surface area contributed by atoms with E-state index in [4.69, 9.17) is 0 Å². The number of hydrogen-bond acceptors (Lipinski definition) is 2. The predicted molar refractivity (Wildman–Crippen MR) is 46.5 cm³/mol. The molecule has 0 spiro atoms. The van der Waals surface area contributed by atoms with Gasteiger partial charge in [0.05, 0.1) is 4.88 Å². The van der Waals surface area contributed by atoms with Crippen molar-refractivity contribution in [2.24, 2.45) is 7.05 Å². The van der Waals surface area contributed by atoms with E-state index in [1.165, 1.54) is 4.88 Å². The smallest absolute Gasteiger partial charge is 0.102 e. The van der Waals surface area contributed by atoms with Crippen molar-refractivity contribution < 1.29 is 0 Å². The number of rotatable bonds is 1. The molecule has 0 saturated heterocycles. The summed E-state index contributed by atoms with van der Waals surface area (Å²) in [5.74, 6) is 0. The molecular weight excluding hydrogens is 156 g/mol.